The predicted molar refractivity (Wildman–Crippen MR) is 61.2 cm³/mol. The van der Waals surface area contributed by atoms with Crippen LogP contribution < -0.4 is 0 Å². The first-order valence-electron chi connectivity index (χ1n) is 4.96. The molecule has 0 aliphatic heterocycles. The van der Waals surface area contributed by atoms with E-state index in [4.69, 9.17) is 0 Å². The van der Waals surface area contributed by atoms with E-state index < -0.39 is 11.7 Å². The summed E-state index contributed by atoms with van der Waals surface area (Å²) in [5.74, 6) is -0.0508. The normalized spacial score (nSPS) is 12.0. The van der Waals surface area contributed by atoms with Crippen molar-refractivity contribution in [2.24, 2.45) is 0 Å². The van der Waals surface area contributed by atoms with Crippen molar-refractivity contribution in [3.05, 3.63) is 34.7 Å². The van der Waals surface area contributed by atoms with Crippen molar-refractivity contribution in [1.29, 1.82) is 0 Å². The predicted octanol–water partition coefficient (Wildman–Crippen LogP) is 4.05. The zero-order chi connectivity index (χ0) is 12.6. The maximum Gasteiger partial charge on any atom is 0.417 e. The Kier molecular flexibility index (Phi) is 2.95. The molecular weight excluding hydrogens is 249 g/mol. The van der Waals surface area contributed by atoms with Crippen molar-refractivity contribution in [1.82, 2.24) is 0 Å². The van der Waals surface area contributed by atoms with Gasteiger partial charge in [0.1, 0.15) is 5.78 Å². The molecule has 0 atom stereocenters. The second kappa shape index (κ2) is 4.14. The Morgan fingerprint density at radius 3 is 2.65 bits per heavy atom. The van der Waals surface area contributed by atoms with Crippen LogP contribution in [0.3, 0.4) is 0 Å². The number of fused-ring (bicyclic) bond motifs is 1. The number of benzene rings is 1. The minimum Gasteiger partial charge on any atom is -0.300 e. The molecule has 90 valence electrons. The molecule has 1 nitrogen and oxygen atoms in total. The molecule has 0 bridgehead atoms. The molecule has 0 aliphatic rings. The van der Waals surface area contributed by atoms with Gasteiger partial charge >= 0.3 is 6.18 Å². The van der Waals surface area contributed by atoms with E-state index in [0.29, 0.717) is 10.3 Å². The highest BCUT2D eigenvalue weighted by molar-refractivity contribution is 7.19. The van der Waals surface area contributed by atoms with Crippen LogP contribution in [0.25, 0.3) is 10.1 Å². The van der Waals surface area contributed by atoms with Crippen LogP contribution in [0.4, 0.5) is 13.2 Å². The molecule has 1 aromatic carbocycles. The van der Waals surface area contributed by atoms with E-state index in [0.717, 1.165) is 17.4 Å². The van der Waals surface area contributed by atoms with Crippen LogP contribution in [0.15, 0.2) is 24.3 Å². The molecule has 0 saturated heterocycles. The summed E-state index contributed by atoms with van der Waals surface area (Å²) in [7, 11) is 0. The second-order valence-electron chi connectivity index (χ2n) is 3.81. The number of hydrogen-bond donors (Lipinski definition) is 0. The monoisotopic (exact) mass is 258 g/mol. The molecule has 1 aromatic heterocycles. The average Bonchev–Trinajstić information content (AvgIpc) is 2.55. The highest BCUT2D eigenvalue weighted by atomic mass is 32.1. The summed E-state index contributed by atoms with van der Waals surface area (Å²) >= 11 is 1.04. The van der Waals surface area contributed by atoms with Gasteiger partial charge < -0.3 is 0 Å². The van der Waals surface area contributed by atoms with Gasteiger partial charge in [-0.25, -0.2) is 0 Å². The third-order valence-electron chi connectivity index (χ3n) is 2.32. The number of Topliss-reactive ketones (excluding diaryl/α,β-unsaturated/α-hetero) is 1. The Labute approximate surface area is 99.9 Å². The van der Waals surface area contributed by atoms with Gasteiger partial charge in [-0.15, -0.1) is 11.3 Å². The van der Waals surface area contributed by atoms with Crippen molar-refractivity contribution < 1.29 is 18.0 Å². The zero-order valence-electron chi connectivity index (χ0n) is 8.97. The van der Waals surface area contributed by atoms with Crippen LogP contribution in [-0.4, -0.2) is 5.78 Å². The molecule has 0 aliphatic carbocycles. The summed E-state index contributed by atoms with van der Waals surface area (Å²) in [4.78, 5) is 11.6. The average molecular weight is 258 g/mol. The summed E-state index contributed by atoms with van der Waals surface area (Å²) in [6, 6.07) is 5.73. The van der Waals surface area contributed by atoms with E-state index in [9.17, 15) is 18.0 Å². The standard InChI is InChI=1S/C12H9F3OS/c1-7(16)5-9-6-8-3-2-4-10(11(8)17-9)12(13,14)15/h2-4,6H,5H2,1H3. The van der Waals surface area contributed by atoms with Gasteiger partial charge in [0.2, 0.25) is 0 Å². The van der Waals surface area contributed by atoms with Gasteiger partial charge in [0.25, 0.3) is 0 Å². The first-order chi connectivity index (χ1) is 7.88. The van der Waals surface area contributed by atoms with Gasteiger partial charge in [0.15, 0.2) is 0 Å². The Balaban J connectivity index is 2.57. The summed E-state index contributed by atoms with van der Waals surface area (Å²) in [5.41, 5.74) is -0.630. The van der Waals surface area contributed by atoms with Crippen molar-refractivity contribution in [3.8, 4) is 0 Å². The van der Waals surface area contributed by atoms with Gasteiger partial charge in [-0.05, 0) is 24.4 Å². The minimum atomic E-state index is -4.35. The number of alkyl halides is 3. The third kappa shape index (κ3) is 2.49. The molecule has 2 rings (SSSR count). The van der Waals surface area contributed by atoms with Gasteiger partial charge in [-0.2, -0.15) is 13.2 Å². The number of rotatable bonds is 2. The number of carbonyl (C=O) groups is 1. The summed E-state index contributed by atoms with van der Waals surface area (Å²) in [6.45, 7) is 1.43. The van der Waals surface area contributed by atoms with Gasteiger partial charge in [-0.1, -0.05) is 12.1 Å². The van der Waals surface area contributed by atoms with Gasteiger partial charge in [-0.3, -0.25) is 4.79 Å². The molecule has 0 N–H and O–H groups in total. The zero-order valence-corrected chi connectivity index (χ0v) is 9.78. The molecule has 2 aromatic rings. The third-order valence-corrected chi connectivity index (χ3v) is 3.51. The van der Waals surface area contributed by atoms with Gasteiger partial charge in [0.05, 0.1) is 5.56 Å². The maximum atomic E-state index is 12.7. The lowest BCUT2D eigenvalue weighted by Crippen LogP contribution is -2.04. The molecular formula is C12H9F3OS. The van der Waals surface area contributed by atoms with E-state index in [-0.39, 0.29) is 16.9 Å². The summed E-state index contributed by atoms with van der Waals surface area (Å²) < 4.78 is 38.4. The van der Waals surface area contributed by atoms with Crippen molar-refractivity contribution in [2.45, 2.75) is 19.5 Å². The molecule has 5 heteroatoms. The van der Waals surface area contributed by atoms with E-state index in [1.807, 2.05) is 0 Å². The van der Waals surface area contributed by atoms with Crippen molar-refractivity contribution >= 4 is 27.2 Å². The van der Waals surface area contributed by atoms with Crippen LogP contribution in [0.1, 0.15) is 17.4 Å². The van der Waals surface area contributed by atoms with Crippen LogP contribution in [0.2, 0.25) is 0 Å². The van der Waals surface area contributed by atoms with Gasteiger partial charge in [0, 0.05) is 16.0 Å². The molecule has 0 amide bonds. The van der Waals surface area contributed by atoms with E-state index in [1.54, 1.807) is 12.1 Å². The lowest BCUT2D eigenvalue weighted by Gasteiger charge is -2.06. The van der Waals surface area contributed by atoms with Crippen LogP contribution >= 0.6 is 11.3 Å². The fourth-order valence-electron chi connectivity index (χ4n) is 1.67. The lowest BCUT2D eigenvalue weighted by molar-refractivity contribution is -0.136. The first kappa shape index (κ1) is 12.1. The Hall–Kier alpha value is -1.36. The molecule has 0 unspecified atom stereocenters. The Bertz CT molecular complexity index is 569. The topological polar surface area (TPSA) is 17.1 Å². The summed E-state index contributed by atoms with van der Waals surface area (Å²) in [6.07, 6.45) is -4.16. The number of halogens is 3. The van der Waals surface area contributed by atoms with Crippen LogP contribution in [0.5, 0.6) is 0 Å². The van der Waals surface area contributed by atoms with Crippen molar-refractivity contribution in [3.63, 3.8) is 0 Å². The second-order valence-corrected chi connectivity index (χ2v) is 4.95. The SMILES string of the molecule is CC(=O)Cc1cc2cccc(C(F)(F)F)c2s1. The van der Waals surface area contributed by atoms with E-state index in [2.05, 4.69) is 0 Å². The number of thiophene rings is 1. The Morgan fingerprint density at radius 2 is 2.06 bits per heavy atom. The van der Waals surface area contributed by atoms with Crippen LogP contribution in [0, 0.1) is 0 Å². The fourth-order valence-corrected chi connectivity index (χ4v) is 2.93. The number of carbonyl (C=O) groups excluding carboxylic acids is 1. The number of ketones is 1. The molecule has 1 heterocycles. The smallest absolute Gasteiger partial charge is 0.300 e. The highest BCUT2D eigenvalue weighted by Crippen LogP contribution is 2.38. The minimum absolute atomic E-state index is 0.0508. The lowest BCUT2D eigenvalue weighted by atomic mass is 10.1. The van der Waals surface area contributed by atoms with E-state index in [1.165, 1.54) is 13.0 Å². The molecule has 0 spiro atoms. The highest BCUT2D eigenvalue weighted by Gasteiger charge is 2.33. The summed E-state index contributed by atoms with van der Waals surface area (Å²) in [5, 5.41) is 0.543. The molecule has 0 saturated carbocycles. The Morgan fingerprint density at radius 1 is 1.35 bits per heavy atom. The fraction of sp³-hybridized carbons (Fsp3) is 0.250. The quantitative estimate of drug-likeness (QED) is 0.794. The molecule has 0 radical (unpaired) electrons. The number of hydrogen-bond acceptors (Lipinski definition) is 2. The molecule has 17 heavy (non-hydrogen) atoms. The van der Waals surface area contributed by atoms with Crippen molar-refractivity contribution in [2.75, 3.05) is 0 Å². The molecule has 0 fully saturated rings. The largest absolute Gasteiger partial charge is 0.417 e. The van der Waals surface area contributed by atoms with Crippen LogP contribution in [-0.2, 0) is 17.4 Å². The van der Waals surface area contributed by atoms with E-state index >= 15 is 0 Å². The maximum absolute atomic E-state index is 12.7. The first-order valence-corrected chi connectivity index (χ1v) is 5.77.